The van der Waals surface area contributed by atoms with Crippen molar-refractivity contribution in [3.63, 3.8) is 0 Å². The number of carbonyl (C=O) groups is 1. The van der Waals surface area contributed by atoms with Crippen LogP contribution in [-0.2, 0) is 11.3 Å². The maximum Gasteiger partial charge on any atom is 0.279 e. The Hall–Kier alpha value is -2.53. The van der Waals surface area contributed by atoms with Gasteiger partial charge in [-0.3, -0.25) is 4.79 Å². The SMILES string of the molecule is CCOc1ccc(C[NH+](C)CC(=O)Nc2c(C)cccc2C(C)C)cc1OC. The first kappa shape index (κ1) is 21.8. The molecule has 0 heterocycles. The third-order valence-corrected chi connectivity index (χ3v) is 4.69. The van der Waals surface area contributed by atoms with Gasteiger partial charge in [0.05, 0.1) is 20.8 Å². The highest BCUT2D eigenvalue weighted by Crippen LogP contribution is 2.28. The lowest BCUT2D eigenvalue weighted by atomic mass is 9.98. The molecule has 0 saturated carbocycles. The number of carbonyl (C=O) groups excluding carboxylic acids is 1. The van der Waals surface area contributed by atoms with Gasteiger partial charge in [0.25, 0.3) is 5.91 Å². The van der Waals surface area contributed by atoms with Gasteiger partial charge in [0.15, 0.2) is 18.0 Å². The summed E-state index contributed by atoms with van der Waals surface area (Å²) in [5.74, 6) is 1.84. The van der Waals surface area contributed by atoms with Crippen molar-refractivity contribution >= 4 is 11.6 Å². The second-order valence-corrected chi connectivity index (χ2v) is 7.47. The normalized spacial score (nSPS) is 12.0. The molecule has 0 aliphatic rings. The lowest BCUT2D eigenvalue weighted by molar-refractivity contribution is -0.885. The highest BCUT2D eigenvalue weighted by atomic mass is 16.5. The van der Waals surface area contributed by atoms with Crippen LogP contribution in [0, 0.1) is 6.92 Å². The predicted octanol–water partition coefficient (Wildman–Crippen LogP) is 3.18. The number of para-hydroxylation sites is 1. The molecule has 0 fully saturated rings. The van der Waals surface area contributed by atoms with E-state index in [1.165, 1.54) is 5.56 Å². The predicted molar refractivity (Wildman–Crippen MR) is 114 cm³/mol. The minimum atomic E-state index is 0.0200. The van der Waals surface area contributed by atoms with E-state index < -0.39 is 0 Å². The number of anilines is 1. The number of rotatable bonds is 9. The van der Waals surface area contributed by atoms with E-state index in [-0.39, 0.29) is 5.91 Å². The van der Waals surface area contributed by atoms with E-state index in [9.17, 15) is 4.79 Å². The van der Waals surface area contributed by atoms with Crippen LogP contribution < -0.4 is 19.7 Å². The van der Waals surface area contributed by atoms with Crippen molar-refractivity contribution in [1.29, 1.82) is 0 Å². The Labute approximate surface area is 168 Å². The molecule has 1 atom stereocenters. The Morgan fingerprint density at radius 3 is 2.57 bits per heavy atom. The van der Waals surface area contributed by atoms with E-state index in [0.717, 1.165) is 39.8 Å². The van der Waals surface area contributed by atoms with Gasteiger partial charge in [-0.05, 0) is 49.1 Å². The van der Waals surface area contributed by atoms with E-state index in [1.807, 2.05) is 51.2 Å². The summed E-state index contributed by atoms with van der Waals surface area (Å²) in [6.07, 6.45) is 0. The zero-order valence-corrected chi connectivity index (χ0v) is 17.9. The summed E-state index contributed by atoms with van der Waals surface area (Å²) >= 11 is 0. The maximum atomic E-state index is 12.6. The molecule has 5 heteroatoms. The maximum absolute atomic E-state index is 12.6. The van der Waals surface area contributed by atoms with Gasteiger partial charge in [0, 0.05) is 11.3 Å². The molecule has 2 N–H and O–H groups in total. The number of benzene rings is 2. The smallest absolute Gasteiger partial charge is 0.279 e. The second-order valence-electron chi connectivity index (χ2n) is 7.47. The summed E-state index contributed by atoms with van der Waals surface area (Å²) < 4.78 is 11.0. The average molecular weight is 386 g/mol. The van der Waals surface area contributed by atoms with Crippen LogP contribution in [0.5, 0.6) is 11.5 Å². The molecule has 0 saturated heterocycles. The lowest BCUT2D eigenvalue weighted by Crippen LogP contribution is -3.08. The first-order valence-corrected chi connectivity index (χ1v) is 9.86. The molecule has 0 bridgehead atoms. The van der Waals surface area contributed by atoms with Crippen molar-refractivity contribution in [2.24, 2.45) is 0 Å². The topological polar surface area (TPSA) is 52.0 Å². The molecule has 2 aromatic rings. The molecule has 0 aliphatic carbocycles. The molecule has 28 heavy (non-hydrogen) atoms. The van der Waals surface area contributed by atoms with E-state index in [0.29, 0.717) is 19.1 Å². The minimum Gasteiger partial charge on any atom is -0.493 e. The molecule has 0 aromatic heterocycles. The van der Waals surface area contributed by atoms with Gasteiger partial charge in [-0.15, -0.1) is 0 Å². The Balaban J connectivity index is 2.02. The number of ether oxygens (including phenoxy) is 2. The molecule has 2 aromatic carbocycles. The number of methoxy groups -OCH3 is 1. The van der Waals surface area contributed by atoms with Crippen molar-refractivity contribution in [1.82, 2.24) is 0 Å². The molecule has 0 aliphatic heterocycles. The number of hydrogen-bond donors (Lipinski definition) is 2. The minimum absolute atomic E-state index is 0.0200. The molecule has 1 amide bonds. The Morgan fingerprint density at radius 2 is 1.93 bits per heavy atom. The summed E-state index contributed by atoms with van der Waals surface area (Å²) in [6, 6.07) is 12.1. The van der Waals surface area contributed by atoms with Crippen LogP contribution in [0.25, 0.3) is 0 Å². The van der Waals surface area contributed by atoms with Gasteiger partial charge in [0.2, 0.25) is 0 Å². The summed E-state index contributed by atoms with van der Waals surface area (Å²) in [6.45, 7) is 9.97. The fraction of sp³-hybridized carbons (Fsp3) is 0.435. The molecule has 0 radical (unpaired) electrons. The largest absolute Gasteiger partial charge is 0.493 e. The number of amides is 1. The molecule has 2 rings (SSSR count). The lowest BCUT2D eigenvalue weighted by Gasteiger charge is -2.18. The Kier molecular flexibility index (Phi) is 7.88. The first-order chi connectivity index (χ1) is 13.3. The monoisotopic (exact) mass is 385 g/mol. The summed E-state index contributed by atoms with van der Waals surface area (Å²) in [5.41, 5.74) is 4.30. The van der Waals surface area contributed by atoms with Crippen molar-refractivity contribution in [2.75, 3.05) is 32.6 Å². The zero-order chi connectivity index (χ0) is 20.7. The zero-order valence-electron chi connectivity index (χ0n) is 17.9. The Bertz CT molecular complexity index is 802. The quantitative estimate of drug-likeness (QED) is 0.697. The molecular formula is C23H33N2O3+. The average Bonchev–Trinajstić information content (AvgIpc) is 2.64. The highest BCUT2D eigenvalue weighted by molar-refractivity contribution is 5.93. The standard InChI is InChI=1S/C23H32N2O3/c1-7-28-20-12-11-18(13-21(20)27-6)14-25(5)15-22(26)24-23-17(4)9-8-10-19(23)16(2)3/h8-13,16H,7,14-15H2,1-6H3,(H,24,26)/p+1. The van der Waals surface area contributed by atoms with Gasteiger partial charge in [-0.2, -0.15) is 0 Å². The molecular weight excluding hydrogens is 352 g/mol. The van der Waals surface area contributed by atoms with Crippen molar-refractivity contribution in [3.05, 3.63) is 53.1 Å². The first-order valence-electron chi connectivity index (χ1n) is 9.86. The molecule has 152 valence electrons. The fourth-order valence-electron chi connectivity index (χ4n) is 3.31. The van der Waals surface area contributed by atoms with Crippen molar-refractivity contribution in [3.8, 4) is 11.5 Å². The van der Waals surface area contributed by atoms with Crippen LogP contribution in [0.3, 0.4) is 0 Å². The molecule has 1 unspecified atom stereocenters. The highest BCUT2D eigenvalue weighted by Gasteiger charge is 2.16. The van der Waals surface area contributed by atoms with Crippen LogP contribution in [-0.4, -0.2) is 33.2 Å². The van der Waals surface area contributed by atoms with Gasteiger partial charge in [-0.1, -0.05) is 32.0 Å². The van der Waals surface area contributed by atoms with Crippen LogP contribution >= 0.6 is 0 Å². The fourth-order valence-corrected chi connectivity index (χ4v) is 3.31. The van der Waals surface area contributed by atoms with Crippen LogP contribution in [0.4, 0.5) is 5.69 Å². The van der Waals surface area contributed by atoms with Gasteiger partial charge < -0.3 is 19.7 Å². The van der Waals surface area contributed by atoms with Crippen molar-refractivity contribution in [2.45, 2.75) is 40.2 Å². The number of likely N-dealkylation sites (N-methyl/N-ethyl adjacent to an activating group) is 1. The van der Waals surface area contributed by atoms with Gasteiger partial charge >= 0.3 is 0 Å². The molecule has 0 spiro atoms. The van der Waals surface area contributed by atoms with Gasteiger partial charge in [-0.25, -0.2) is 0 Å². The number of quaternary nitrogens is 1. The van der Waals surface area contributed by atoms with E-state index in [4.69, 9.17) is 9.47 Å². The van der Waals surface area contributed by atoms with Gasteiger partial charge in [0.1, 0.15) is 6.54 Å². The van der Waals surface area contributed by atoms with Crippen molar-refractivity contribution < 1.29 is 19.2 Å². The summed E-state index contributed by atoms with van der Waals surface area (Å²) in [5, 5.41) is 3.12. The third kappa shape index (κ3) is 5.73. The van der Waals surface area contributed by atoms with E-state index in [2.05, 4.69) is 25.2 Å². The third-order valence-electron chi connectivity index (χ3n) is 4.69. The van der Waals surface area contributed by atoms with E-state index in [1.54, 1.807) is 7.11 Å². The Morgan fingerprint density at radius 1 is 1.18 bits per heavy atom. The second kappa shape index (κ2) is 10.1. The summed E-state index contributed by atoms with van der Waals surface area (Å²) in [4.78, 5) is 13.7. The van der Waals surface area contributed by atoms with Crippen LogP contribution in [0.1, 0.15) is 43.4 Å². The summed E-state index contributed by atoms with van der Waals surface area (Å²) in [7, 11) is 3.66. The van der Waals surface area contributed by atoms with Crippen LogP contribution in [0.15, 0.2) is 36.4 Å². The number of hydrogen-bond acceptors (Lipinski definition) is 3. The number of nitrogens with one attached hydrogen (secondary N) is 2. The van der Waals surface area contributed by atoms with Crippen LogP contribution in [0.2, 0.25) is 0 Å². The molecule has 5 nitrogen and oxygen atoms in total. The number of aryl methyl sites for hydroxylation is 1. The van der Waals surface area contributed by atoms with E-state index >= 15 is 0 Å².